The maximum atomic E-state index is 13.4. The summed E-state index contributed by atoms with van der Waals surface area (Å²) in [6, 6.07) is 13.1. The Morgan fingerprint density at radius 2 is 1.60 bits per heavy atom. The molecular weight excluding hydrogens is 444 g/mol. The number of nitrogens with one attached hydrogen (secondary N) is 1. The van der Waals surface area contributed by atoms with Crippen molar-refractivity contribution in [3.05, 3.63) is 71.8 Å². The van der Waals surface area contributed by atoms with Gasteiger partial charge >= 0.3 is 5.97 Å². The summed E-state index contributed by atoms with van der Waals surface area (Å²) in [5, 5.41) is 2.80. The normalized spacial score (nSPS) is 29.6. The Balaban J connectivity index is 1.18. The first-order valence-electron chi connectivity index (χ1n) is 12.2. The molecule has 0 unspecified atom stereocenters. The van der Waals surface area contributed by atoms with Gasteiger partial charge in [-0.1, -0.05) is 25.1 Å². The van der Waals surface area contributed by atoms with Crippen LogP contribution in [-0.4, -0.2) is 30.3 Å². The molecule has 5 aliphatic rings. The molecule has 35 heavy (non-hydrogen) atoms. The SMILES string of the molecule is CCCOC(=O)c1ccc(NC(=O)c2cccc(N3C(=O)[C@@H]4[C@H]5C=C[C@@H]([C@@H]6C[C@@H]56)[C@H]4C3=O)c2)cc1. The number of anilines is 2. The van der Waals surface area contributed by atoms with Crippen molar-refractivity contribution in [2.45, 2.75) is 19.8 Å². The monoisotopic (exact) mass is 470 g/mol. The minimum atomic E-state index is -0.404. The van der Waals surface area contributed by atoms with Gasteiger partial charge in [-0.15, -0.1) is 0 Å². The number of carbonyl (C=O) groups excluding carboxylic acids is 4. The summed E-state index contributed by atoms with van der Waals surface area (Å²) in [7, 11) is 0. The Morgan fingerprint density at radius 3 is 2.23 bits per heavy atom. The molecule has 7 nitrogen and oxygen atoms in total. The van der Waals surface area contributed by atoms with Crippen LogP contribution in [0.2, 0.25) is 0 Å². The molecule has 3 fully saturated rings. The number of imide groups is 1. The van der Waals surface area contributed by atoms with Crippen molar-refractivity contribution in [1.29, 1.82) is 0 Å². The second-order valence-electron chi connectivity index (χ2n) is 9.88. The zero-order valence-electron chi connectivity index (χ0n) is 19.3. The molecule has 7 rings (SSSR count). The van der Waals surface area contributed by atoms with Crippen molar-refractivity contribution in [3.63, 3.8) is 0 Å². The maximum absolute atomic E-state index is 13.4. The lowest BCUT2D eigenvalue weighted by Crippen LogP contribution is -2.40. The standard InChI is InChI=1S/C28H26N2O5/c1-2-12-35-28(34)15-6-8-17(9-7-15)29-25(31)16-4-3-5-18(13-16)30-26(32)23-19-10-11-20(22-14-21(19)22)24(23)27(30)33/h3-11,13,19-24H,2,12,14H2,1H3,(H,29,31)/t19-,20-,21-,22-,23+,24+/m0/s1. The summed E-state index contributed by atoms with van der Waals surface area (Å²) >= 11 is 0. The Morgan fingerprint density at radius 1 is 0.943 bits per heavy atom. The van der Waals surface area contributed by atoms with E-state index >= 15 is 0 Å². The molecule has 7 heteroatoms. The van der Waals surface area contributed by atoms with E-state index in [1.807, 2.05) is 6.92 Å². The van der Waals surface area contributed by atoms with Gasteiger partial charge < -0.3 is 10.1 Å². The molecule has 2 saturated carbocycles. The highest BCUT2D eigenvalue weighted by atomic mass is 16.5. The summed E-state index contributed by atoms with van der Waals surface area (Å²) in [4.78, 5) is 52.9. The zero-order valence-corrected chi connectivity index (χ0v) is 19.3. The lowest BCUT2D eigenvalue weighted by Gasteiger charge is -2.37. The van der Waals surface area contributed by atoms with Crippen LogP contribution in [-0.2, 0) is 14.3 Å². The molecule has 1 heterocycles. The van der Waals surface area contributed by atoms with E-state index in [0.717, 1.165) is 12.8 Å². The minimum absolute atomic E-state index is 0.146. The van der Waals surface area contributed by atoms with Gasteiger partial charge in [-0.3, -0.25) is 14.4 Å². The topological polar surface area (TPSA) is 92.8 Å². The molecule has 2 bridgehead atoms. The second kappa shape index (κ2) is 8.18. The van der Waals surface area contributed by atoms with Crippen LogP contribution in [0, 0.1) is 35.5 Å². The molecule has 0 spiro atoms. The number of hydrogen-bond donors (Lipinski definition) is 1. The number of esters is 1. The fourth-order valence-corrected chi connectivity index (χ4v) is 6.17. The molecule has 6 atom stereocenters. The Labute approximate surface area is 203 Å². The molecule has 2 aromatic rings. The van der Waals surface area contributed by atoms with Crippen LogP contribution >= 0.6 is 0 Å². The van der Waals surface area contributed by atoms with Crippen molar-refractivity contribution in [3.8, 4) is 0 Å². The summed E-state index contributed by atoms with van der Waals surface area (Å²) in [6.07, 6.45) is 6.15. The third-order valence-electron chi connectivity index (χ3n) is 7.85. The van der Waals surface area contributed by atoms with E-state index in [1.165, 1.54) is 4.90 Å². The zero-order chi connectivity index (χ0) is 24.3. The number of ether oxygens (including phenoxy) is 1. The highest BCUT2D eigenvalue weighted by Crippen LogP contribution is 2.65. The number of allylic oxidation sites excluding steroid dienone is 2. The van der Waals surface area contributed by atoms with Crippen LogP contribution in [0.15, 0.2) is 60.7 Å². The van der Waals surface area contributed by atoms with Crippen LogP contribution in [0.4, 0.5) is 11.4 Å². The molecule has 178 valence electrons. The molecule has 0 aromatic heterocycles. The van der Waals surface area contributed by atoms with Gasteiger partial charge in [-0.25, -0.2) is 9.69 Å². The Hall–Kier alpha value is -3.74. The third kappa shape index (κ3) is 3.49. The molecule has 1 N–H and O–H groups in total. The van der Waals surface area contributed by atoms with Crippen LogP contribution in [0.1, 0.15) is 40.5 Å². The van der Waals surface area contributed by atoms with Gasteiger partial charge in [0.25, 0.3) is 5.91 Å². The van der Waals surface area contributed by atoms with Crippen LogP contribution in [0.25, 0.3) is 0 Å². The van der Waals surface area contributed by atoms with E-state index in [9.17, 15) is 19.2 Å². The number of benzene rings is 2. The number of hydrogen-bond acceptors (Lipinski definition) is 5. The van der Waals surface area contributed by atoms with Crippen molar-refractivity contribution in [2.75, 3.05) is 16.8 Å². The van der Waals surface area contributed by atoms with Crippen molar-refractivity contribution < 1.29 is 23.9 Å². The van der Waals surface area contributed by atoms with E-state index < -0.39 is 5.97 Å². The minimum Gasteiger partial charge on any atom is -0.462 e. The third-order valence-corrected chi connectivity index (χ3v) is 7.85. The lowest BCUT2D eigenvalue weighted by molar-refractivity contribution is -0.124. The number of rotatable bonds is 6. The van der Waals surface area contributed by atoms with Gasteiger partial charge in [0.15, 0.2) is 0 Å². The first-order chi connectivity index (χ1) is 17.0. The van der Waals surface area contributed by atoms with E-state index in [0.29, 0.717) is 40.9 Å². The molecule has 0 radical (unpaired) electrons. The number of nitrogens with zero attached hydrogens (tertiary/aromatic N) is 1. The number of carbonyl (C=O) groups is 4. The Bertz CT molecular complexity index is 1230. The molecule has 2 aromatic carbocycles. The predicted octanol–water partition coefficient (Wildman–Crippen LogP) is 4.06. The molecular formula is C28H26N2O5. The maximum Gasteiger partial charge on any atom is 0.338 e. The van der Waals surface area contributed by atoms with Gasteiger partial charge in [0.1, 0.15) is 0 Å². The first kappa shape index (κ1) is 21.8. The summed E-state index contributed by atoms with van der Waals surface area (Å²) in [5.74, 6) is -0.218. The van der Waals surface area contributed by atoms with Gasteiger partial charge in [0, 0.05) is 11.3 Å². The Kier molecular flexibility index (Phi) is 5.09. The highest BCUT2D eigenvalue weighted by molar-refractivity contribution is 6.23. The second-order valence-corrected chi connectivity index (χ2v) is 9.88. The van der Waals surface area contributed by atoms with E-state index in [4.69, 9.17) is 4.74 Å². The molecule has 1 aliphatic heterocycles. The van der Waals surface area contributed by atoms with Crippen LogP contribution in [0.5, 0.6) is 0 Å². The predicted molar refractivity (Wildman–Crippen MR) is 129 cm³/mol. The van der Waals surface area contributed by atoms with Gasteiger partial charge in [0.05, 0.1) is 29.7 Å². The van der Waals surface area contributed by atoms with E-state index in [2.05, 4.69) is 17.5 Å². The fraction of sp³-hybridized carbons (Fsp3) is 0.357. The molecule has 3 amide bonds. The average Bonchev–Trinajstić information content (AvgIpc) is 3.66. The lowest BCUT2D eigenvalue weighted by atomic mass is 9.63. The molecule has 4 aliphatic carbocycles. The quantitative estimate of drug-likeness (QED) is 0.390. The van der Waals surface area contributed by atoms with Gasteiger partial charge in [-0.05, 0) is 79.0 Å². The molecule has 1 saturated heterocycles. The largest absolute Gasteiger partial charge is 0.462 e. The van der Waals surface area contributed by atoms with Crippen LogP contribution < -0.4 is 10.2 Å². The van der Waals surface area contributed by atoms with Crippen molar-refractivity contribution in [2.24, 2.45) is 35.5 Å². The summed E-state index contributed by atoms with van der Waals surface area (Å²) in [5.41, 5.74) is 1.71. The number of amides is 3. The average molecular weight is 471 g/mol. The first-order valence-corrected chi connectivity index (χ1v) is 12.2. The fourth-order valence-electron chi connectivity index (χ4n) is 6.17. The van der Waals surface area contributed by atoms with Crippen molar-refractivity contribution in [1.82, 2.24) is 0 Å². The highest BCUT2D eigenvalue weighted by Gasteiger charge is 2.67. The van der Waals surface area contributed by atoms with E-state index in [-0.39, 0.29) is 41.4 Å². The summed E-state index contributed by atoms with van der Waals surface area (Å²) in [6.45, 7) is 2.28. The van der Waals surface area contributed by atoms with Gasteiger partial charge in [-0.2, -0.15) is 0 Å². The van der Waals surface area contributed by atoms with Crippen molar-refractivity contribution >= 4 is 35.1 Å². The van der Waals surface area contributed by atoms with Crippen LogP contribution in [0.3, 0.4) is 0 Å². The summed E-state index contributed by atoms with van der Waals surface area (Å²) < 4.78 is 5.12. The van der Waals surface area contributed by atoms with Gasteiger partial charge in [0.2, 0.25) is 11.8 Å². The van der Waals surface area contributed by atoms with E-state index in [1.54, 1.807) is 48.5 Å². The smallest absolute Gasteiger partial charge is 0.338 e.